The summed E-state index contributed by atoms with van der Waals surface area (Å²) in [6.07, 6.45) is 0.148. The zero-order valence-electron chi connectivity index (χ0n) is 13.4. The van der Waals surface area contributed by atoms with Crippen LogP contribution in [-0.2, 0) is 9.53 Å². The lowest BCUT2D eigenvalue weighted by Crippen LogP contribution is -2.26. The van der Waals surface area contributed by atoms with E-state index in [-0.39, 0.29) is 24.8 Å². The van der Waals surface area contributed by atoms with Gasteiger partial charge in [-0.2, -0.15) is 0 Å². The van der Waals surface area contributed by atoms with Gasteiger partial charge < -0.3 is 14.6 Å². The van der Waals surface area contributed by atoms with Crippen molar-refractivity contribution < 1.29 is 14.3 Å². The summed E-state index contributed by atoms with van der Waals surface area (Å²) in [5.41, 5.74) is 3.23. The van der Waals surface area contributed by atoms with Crippen LogP contribution in [0.3, 0.4) is 0 Å². The van der Waals surface area contributed by atoms with Crippen molar-refractivity contribution in [2.75, 3.05) is 13.7 Å². The van der Waals surface area contributed by atoms with Crippen LogP contribution in [-0.4, -0.2) is 30.1 Å². The molecule has 1 aromatic heterocycles. The molecule has 0 unspecified atom stereocenters. The van der Waals surface area contributed by atoms with Gasteiger partial charge in [-0.3, -0.25) is 9.59 Å². The molecule has 23 heavy (non-hydrogen) atoms. The molecule has 1 amide bonds. The van der Waals surface area contributed by atoms with Crippen LogP contribution in [0.1, 0.15) is 28.2 Å². The fourth-order valence-electron chi connectivity index (χ4n) is 2.48. The Morgan fingerprint density at radius 3 is 2.65 bits per heavy atom. The topological polar surface area (TPSA) is 60.3 Å². The number of hydrogen-bond acceptors (Lipinski definition) is 3. The molecule has 0 atom stereocenters. The van der Waals surface area contributed by atoms with Gasteiger partial charge in [-0.25, -0.2) is 0 Å². The lowest BCUT2D eigenvalue weighted by molar-refractivity contribution is -0.140. The van der Waals surface area contributed by atoms with Gasteiger partial charge in [0.15, 0.2) is 0 Å². The molecule has 2 aromatic rings. The van der Waals surface area contributed by atoms with E-state index in [4.69, 9.17) is 11.6 Å². The number of benzene rings is 1. The molecule has 2 rings (SSSR count). The minimum absolute atomic E-state index is 0.148. The summed E-state index contributed by atoms with van der Waals surface area (Å²) in [5, 5.41) is 3.37. The van der Waals surface area contributed by atoms with Crippen LogP contribution in [0.15, 0.2) is 30.3 Å². The Morgan fingerprint density at radius 1 is 1.26 bits per heavy atom. The second-order valence-corrected chi connectivity index (χ2v) is 5.62. The minimum atomic E-state index is -0.352. The van der Waals surface area contributed by atoms with Crippen molar-refractivity contribution >= 4 is 23.5 Å². The van der Waals surface area contributed by atoms with Gasteiger partial charge in [-0.1, -0.05) is 17.7 Å². The van der Waals surface area contributed by atoms with Gasteiger partial charge >= 0.3 is 5.97 Å². The van der Waals surface area contributed by atoms with Crippen molar-refractivity contribution in [3.8, 4) is 5.69 Å². The monoisotopic (exact) mass is 334 g/mol. The maximum atomic E-state index is 12.3. The molecule has 0 aliphatic rings. The predicted molar refractivity (Wildman–Crippen MR) is 89.2 cm³/mol. The van der Waals surface area contributed by atoms with Gasteiger partial charge in [0.1, 0.15) is 0 Å². The van der Waals surface area contributed by atoms with Crippen molar-refractivity contribution in [2.24, 2.45) is 0 Å². The van der Waals surface area contributed by atoms with Crippen molar-refractivity contribution in [2.45, 2.75) is 20.3 Å². The lowest BCUT2D eigenvalue weighted by Gasteiger charge is -2.10. The van der Waals surface area contributed by atoms with Crippen molar-refractivity contribution in [1.29, 1.82) is 0 Å². The second-order valence-electron chi connectivity index (χ2n) is 5.18. The van der Waals surface area contributed by atoms with Crippen LogP contribution in [0, 0.1) is 13.8 Å². The number of hydrogen-bond donors (Lipinski definition) is 1. The number of carbonyl (C=O) groups excluding carboxylic acids is 2. The molecule has 6 heteroatoms. The summed E-state index contributed by atoms with van der Waals surface area (Å²) < 4.78 is 6.52. The normalized spacial score (nSPS) is 10.4. The van der Waals surface area contributed by atoms with Crippen LogP contribution in [0.5, 0.6) is 0 Å². The van der Waals surface area contributed by atoms with E-state index < -0.39 is 0 Å². The zero-order chi connectivity index (χ0) is 17.0. The van der Waals surface area contributed by atoms with Gasteiger partial charge in [-0.05, 0) is 38.1 Å². The van der Waals surface area contributed by atoms with Gasteiger partial charge in [0, 0.05) is 28.6 Å². The lowest BCUT2D eigenvalue weighted by atomic mass is 10.2. The molecule has 1 heterocycles. The quantitative estimate of drug-likeness (QED) is 0.855. The molecule has 5 nitrogen and oxygen atoms in total. The number of carbonyl (C=O) groups is 2. The Bertz CT molecular complexity index is 737. The van der Waals surface area contributed by atoms with Crippen LogP contribution < -0.4 is 5.32 Å². The van der Waals surface area contributed by atoms with E-state index in [2.05, 4.69) is 10.1 Å². The van der Waals surface area contributed by atoms with Gasteiger partial charge in [0.25, 0.3) is 5.91 Å². The molecule has 0 aliphatic carbocycles. The summed E-state index contributed by atoms with van der Waals surface area (Å²) in [5.74, 6) is -0.565. The van der Waals surface area contributed by atoms with E-state index in [1.54, 1.807) is 6.07 Å². The molecule has 0 aliphatic heterocycles. The summed E-state index contributed by atoms with van der Waals surface area (Å²) in [6, 6.07) is 9.28. The van der Waals surface area contributed by atoms with E-state index in [9.17, 15) is 9.59 Å². The standard InChI is InChI=1S/C17H19ClN2O3/c1-11-9-15(17(22)19-8-7-16(21)23-3)12(2)20(11)14-6-4-5-13(18)10-14/h4-6,9-10H,7-8H2,1-3H3,(H,19,22). The van der Waals surface area contributed by atoms with Crippen LogP contribution in [0.4, 0.5) is 0 Å². The highest BCUT2D eigenvalue weighted by Gasteiger charge is 2.16. The number of halogens is 1. The predicted octanol–water partition coefficient (Wildman–Crippen LogP) is 3.04. The Balaban J connectivity index is 2.20. The Kier molecular flexibility index (Phi) is 5.45. The molecular formula is C17H19ClN2O3. The Labute approximate surface area is 140 Å². The van der Waals surface area contributed by atoms with E-state index in [0.29, 0.717) is 10.6 Å². The number of aryl methyl sites for hydroxylation is 1. The van der Waals surface area contributed by atoms with E-state index in [0.717, 1.165) is 17.1 Å². The molecule has 0 fully saturated rings. The molecule has 0 spiro atoms. The average Bonchev–Trinajstić information content (AvgIpc) is 2.81. The highest BCUT2D eigenvalue weighted by atomic mass is 35.5. The summed E-state index contributed by atoms with van der Waals surface area (Å²) in [7, 11) is 1.32. The molecule has 0 saturated heterocycles. The smallest absolute Gasteiger partial charge is 0.307 e. The third kappa shape index (κ3) is 3.93. The maximum Gasteiger partial charge on any atom is 0.307 e. The van der Waals surface area contributed by atoms with Crippen LogP contribution in [0.2, 0.25) is 5.02 Å². The first-order valence-electron chi connectivity index (χ1n) is 7.24. The number of esters is 1. The van der Waals surface area contributed by atoms with Gasteiger partial charge in [0.05, 0.1) is 19.1 Å². The number of nitrogens with one attached hydrogen (secondary N) is 1. The molecule has 1 aromatic carbocycles. The first-order chi connectivity index (χ1) is 10.9. The number of rotatable bonds is 5. The number of ether oxygens (including phenoxy) is 1. The number of methoxy groups -OCH3 is 1. The average molecular weight is 335 g/mol. The largest absolute Gasteiger partial charge is 0.469 e. The van der Waals surface area contributed by atoms with Crippen molar-refractivity contribution in [3.05, 3.63) is 52.3 Å². The molecular weight excluding hydrogens is 316 g/mol. The van der Waals surface area contributed by atoms with E-state index in [1.807, 2.05) is 42.7 Å². The first kappa shape index (κ1) is 17.1. The summed E-state index contributed by atoms with van der Waals surface area (Å²) in [6.45, 7) is 4.05. The fraction of sp³-hybridized carbons (Fsp3) is 0.294. The first-order valence-corrected chi connectivity index (χ1v) is 7.61. The molecule has 0 radical (unpaired) electrons. The van der Waals surface area contributed by atoms with E-state index in [1.165, 1.54) is 7.11 Å². The Hall–Kier alpha value is -2.27. The van der Waals surface area contributed by atoms with Gasteiger partial charge in [0.2, 0.25) is 0 Å². The summed E-state index contributed by atoms with van der Waals surface area (Å²) in [4.78, 5) is 23.4. The van der Waals surface area contributed by atoms with E-state index >= 15 is 0 Å². The highest BCUT2D eigenvalue weighted by molar-refractivity contribution is 6.30. The maximum absolute atomic E-state index is 12.3. The molecule has 1 N–H and O–H groups in total. The van der Waals surface area contributed by atoms with Crippen LogP contribution in [0.25, 0.3) is 5.69 Å². The SMILES string of the molecule is COC(=O)CCNC(=O)c1cc(C)n(-c2cccc(Cl)c2)c1C. The highest BCUT2D eigenvalue weighted by Crippen LogP contribution is 2.22. The third-order valence-electron chi connectivity index (χ3n) is 3.58. The van der Waals surface area contributed by atoms with Gasteiger partial charge in [-0.15, -0.1) is 0 Å². The summed E-state index contributed by atoms with van der Waals surface area (Å²) >= 11 is 6.04. The number of nitrogens with zero attached hydrogens (tertiary/aromatic N) is 1. The van der Waals surface area contributed by atoms with Crippen LogP contribution >= 0.6 is 11.6 Å². The zero-order valence-corrected chi connectivity index (χ0v) is 14.1. The number of aromatic nitrogens is 1. The fourth-order valence-corrected chi connectivity index (χ4v) is 2.67. The minimum Gasteiger partial charge on any atom is -0.469 e. The van der Waals surface area contributed by atoms with Crippen molar-refractivity contribution in [1.82, 2.24) is 9.88 Å². The van der Waals surface area contributed by atoms with Crippen molar-refractivity contribution in [3.63, 3.8) is 0 Å². The third-order valence-corrected chi connectivity index (χ3v) is 3.82. The second kappa shape index (κ2) is 7.33. The molecule has 0 bridgehead atoms. The Morgan fingerprint density at radius 2 is 2.00 bits per heavy atom. The molecule has 0 saturated carbocycles. The number of amides is 1. The molecule has 122 valence electrons.